The Kier molecular flexibility index (Phi) is 5.73. The van der Waals surface area contributed by atoms with E-state index in [1.54, 1.807) is 17.0 Å². The number of carbonyl (C=O) groups is 1. The molecule has 0 spiro atoms. The Morgan fingerprint density at radius 3 is 2.81 bits per heavy atom. The van der Waals surface area contributed by atoms with Gasteiger partial charge in [0.2, 0.25) is 0 Å². The topological polar surface area (TPSA) is 52.9 Å². The first-order chi connectivity index (χ1) is 9.97. The van der Waals surface area contributed by atoms with E-state index < -0.39 is 0 Å². The molecule has 7 heteroatoms. The lowest BCUT2D eigenvalue weighted by atomic mass is 10.2. The molecule has 4 nitrogen and oxygen atoms in total. The van der Waals surface area contributed by atoms with Gasteiger partial charge in [-0.15, -0.1) is 0 Å². The predicted molar refractivity (Wildman–Crippen MR) is 99.5 cm³/mol. The summed E-state index contributed by atoms with van der Waals surface area (Å²) in [5, 5.41) is 10.8. The van der Waals surface area contributed by atoms with Gasteiger partial charge in [-0.3, -0.25) is 14.7 Å². The number of thioether (sulfide) groups is 1. The molecule has 1 fully saturated rings. The SMILES string of the molecule is CCN=C1SC(=Cc2cc(Br)cc(I)c2O)C(=O)N1CC. The third-order valence-electron chi connectivity index (χ3n) is 2.84. The number of amides is 1. The molecule has 1 N–H and O–H groups in total. The van der Waals surface area contributed by atoms with Crippen LogP contribution in [0.15, 0.2) is 26.5 Å². The normalized spacial score (nSPS) is 19.0. The quantitative estimate of drug-likeness (QED) is 0.524. The van der Waals surface area contributed by atoms with Gasteiger partial charge in [-0.1, -0.05) is 15.9 Å². The highest BCUT2D eigenvalue weighted by atomic mass is 127. The van der Waals surface area contributed by atoms with Crippen molar-refractivity contribution in [2.45, 2.75) is 13.8 Å². The number of likely N-dealkylation sites (N-methyl/N-ethyl adjacent to an activating group) is 1. The second-order valence-electron chi connectivity index (χ2n) is 4.24. The number of aliphatic imine (C=N–C) groups is 1. The monoisotopic (exact) mass is 480 g/mol. The van der Waals surface area contributed by atoms with Crippen LogP contribution < -0.4 is 0 Å². The zero-order valence-corrected chi connectivity index (χ0v) is 16.1. The molecule has 0 unspecified atom stereocenters. The highest BCUT2D eigenvalue weighted by molar-refractivity contribution is 14.1. The molecule has 0 aromatic heterocycles. The minimum atomic E-state index is -0.0657. The Bertz CT molecular complexity index is 646. The van der Waals surface area contributed by atoms with Gasteiger partial charge in [0.15, 0.2) is 5.17 Å². The molecule has 1 heterocycles. The summed E-state index contributed by atoms with van der Waals surface area (Å²) in [6.45, 7) is 5.09. The standard InChI is InChI=1S/C14H14BrIN2O2S/c1-3-17-14-18(4-2)13(20)11(21-14)6-8-5-9(15)7-10(16)12(8)19/h5-7,19H,3-4H2,1-2H3. The van der Waals surface area contributed by atoms with Crippen molar-refractivity contribution in [3.8, 4) is 5.75 Å². The Balaban J connectivity index is 2.43. The van der Waals surface area contributed by atoms with Crippen LogP contribution in [-0.2, 0) is 4.79 Å². The number of rotatable bonds is 3. The maximum Gasteiger partial charge on any atom is 0.266 e. The second kappa shape index (κ2) is 7.15. The molecule has 1 aliphatic rings. The van der Waals surface area contributed by atoms with Crippen LogP contribution in [0.2, 0.25) is 0 Å². The summed E-state index contributed by atoms with van der Waals surface area (Å²) < 4.78 is 1.60. The maximum atomic E-state index is 12.4. The molecule has 2 rings (SSSR count). The van der Waals surface area contributed by atoms with Crippen molar-refractivity contribution in [1.82, 2.24) is 4.90 Å². The summed E-state index contributed by atoms with van der Waals surface area (Å²) in [5.41, 5.74) is 0.624. The molecule has 0 atom stereocenters. The molecule has 1 aromatic carbocycles. The molecule has 1 amide bonds. The van der Waals surface area contributed by atoms with Gasteiger partial charge < -0.3 is 5.11 Å². The molecule has 0 bridgehead atoms. The summed E-state index contributed by atoms with van der Waals surface area (Å²) in [4.78, 5) is 18.9. The van der Waals surface area contributed by atoms with Gasteiger partial charge in [0.25, 0.3) is 5.91 Å². The van der Waals surface area contributed by atoms with Gasteiger partial charge in [-0.25, -0.2) is 0 Å². The van der Waals surface area contributed by atoms with E-state index in [0.29, 0.717) is 23.6 Å². The van der Waals surface area contributed by atoms with Crippen LogP contribution in [0.4, 0.5) is 0 Å². The smallest absolute Gasteiger partial charge is 0.266 e. The van der Waals surface area contributed by atoms with E-state index in [-0.39, 0.29) is 11.7 Å². The van der Waals surface area contributed by atoms with Crippen molar-refractivity contribution in [1.29, 1.82) is 0 Å². The van der Waals surface area contributed by atoms with Crippen molar-refractivity contribution in [2.75, 3.05) is 13.1 Å². The number of phenolic OH excluding ortho intramolecular Hbond substituents is 1. The van der Waals surface area contributed by atoms with E-state index in [0.717, 1.165) is 13.2 Å². The number of hydrogen-bond donors (Lipinski definition) is 1. The molecule has 0 radical (unpaired) electrons. The fraction of sp³-hybridized carbons (Fsp3) is 0.286. The van der Waals surface area contributed by atoms with Crippen molar-refractivity contribution in [2.24, 2.45) is 4.99 Å². The molecule has 0 saturated carbocycles. The van der Waals surface area contributed by atoms with Crippen molar-refractivity contribution in [3.63, 3.8) is 0 Å². The van der Waals surface area contributed by atoms with Gasteiger partial charge in [-0.05, 0) is 66.4 Å². The van der Waals surface area contributed by atoms with Crippen LogP contribution in [0.1, 0.15) is 19.4 Å². The van der Waals surface area contributed by atoms with Crippen LogP contribution in [0.5, 0.6) is 5.75 Å². The van der Waals surface area contributed by atoms with Crippen molar-refractivity contribution >= 4 is 67.4 Å². The molecule has 1 aliphatic heterocycles. The highest BCUT2D eigenvalue weighted by Gasteiger charge is 2.32. The summed E-state index contributed by atoms with van der Waals surface area (Å²) >= 11 is 6.81. The summed E-state index contributed by atoms with van der Waals surface area (Å²) in [5.74, 6) is 0.118. The molecule has 1 aromatic rings. The summed E-state index contributed by atoms with van der Waals surface area (Å²) in [6, 6.07) is 3.62. The van der Waals surface area contributed by atoms with Gasteiger partial charge >= 0.3 is 0 Å². The van der Waals surface area contributed by atoms with E-state index in [9.17, 15) is 9.90 Å². The number of halogens is 2. The molecule has 112 valence electrons. The lowest BCUT2D eigenvalue weighted by Crippen LogP contribution is -2.28. The van der Waals surface area contributed by atoms with Crippen LogP contribution >= 0.6 is 50.3 Å². The third kappa shape index (κ3) is 3.62. The van der Waals surface area contributed by atoms with Gasteiger partial charge in [0, 0.05) is 23.1 Å². The molecular weight excluding hydrogens is 467 g/mol. The number of nitrogens with zero attached hydrogens (tertiary/aromatic N) is 2. The first-order valence-corrected chi connectivity index (χ1v) is 9.10. The first kappa shape index (κ1) is 16.8. The highest BCUT2D eigenvalue weighted by Crippen LogP contribution is 2.36. The van der Waals surface area contributed by atoms with Gasteiger partial charge in [-0.2, -0.15) is 0 Å². The predicted octanol–water partition coefficient (Wildman–Crippen LogP) is 4.07. The largest absolute Gasteiger partial charge is 0.506 e. The number of benzene rings is 1. The molecular formula is C14H14BrIN2O2S. The lowest BCUT2D eigenvalue weighted by Gasteiger charge is -2.11. The minimum Gasteiger partial charge on any atom is -0.506 e. The van der Waals surface area contributed by atoms with Gasteiger partial charge in [0.1, 0.15) is 5.75 Å². The van der Waals surface area contributed by atoms with Crippen LogP contribution in [0.25, 0.3) is 6.08 Å². The fourth-order valence-corrected chi connectivity index (χ4v) is 4.52. The number of phenols is 1. The van der Waals surface area contributed by atoms with Crippen LogP contribution in [0.3, 0.4) is 0 Å². The molecule has 21 heavy (non-hydrogen) atoms. The molecule has 1 saturated heterocycles. The number of carbonyl (C=O) groups excluding carboxylic acids is 1. The Labute approximate surface area is 150 Å². The number of aromatic hydroxyl groups is 1. The van der Waals surface area contributed by atoms with E-state index in [2.05, 4.69) is 43.5 Å². The lowest BCUT2D eigenvalue weighted by molar-refractivity contribution is -0.122. The number of amidine groups is 1. The number of hydrogen-bond acceptors (Lipinski definition) is 4. The second-order valence-corrected chi connectivity index (χ2v) is 7.33. The first-order valence-electron chi connectivity index (χ1n) is 6.41. The Morgan fingerprint density at radius 2 is 2.19 bits per heavy atom. The van der Waals surface area contributed by atoms with E-state index in [1.165, 1.54) is 11.8 Å². The zero-order valence-electron chi connectivity index (χ0n) is 11.6. The average Bonchev–Trinajstić information content (AvgIpc) is 2.72. The van der Waals surface area contributed by atoms with Crippen molar-refractivity contribution in [3.05, 3.63) is 30.6 Å². The van der Waals surface area contributed by atoms with E-state index in [1.807, 2.05) is 19.9 Å². The Morgan fingerprint density at radius 1 is 1.48 bits per heavy atom. The van der Waals surface area contributed by atoms with Crippen LogP contribution in [0, 0.1) is 3.57 Å². The third-order valence-corrected chi connectivity index (χ3v) is 5.17. The fourth-order valence-electron chi connectivity index (χ4n) is 1.88. The molecule has 0 aliphatic carbocycles. The van der Waals surface area contributed by atoms with Crippen molar-refractivity contribution < 1.29 is 9.90 Å². The van der Waals surface area contributed by atoms with Gasteiger partial charge in [0.05, 0.1) is 8.48 Å². The zero-order chi connectivity index (χ0) is 15.6. The minimum absolute atomic E-state index is 0.0657. The van der Waals surface area contributed by atoms with Crippen LogP contribution in [-0.4, -0.2) is 34.2 Å². The maximum absolute atomic E-state index is 12.4. The summed E-state index contributed by atoms with van der Waals surface area (Å²) in [7, 11) is 0. The van der Waals surface area contributed by atoms with E-state index >= 15 is 0 Å². The average molecular weight is 481 g/mol. The summed E-state index contributed by atoms with van der Waals surface area (Å²) in [6.07, 6.45) is 1.72. The van der Waals surface area contributed by atoms with E-state index in [4.69, 9.17) is 0 Å². The Hall–Kier alpha value is -0.540.